The summed E-state index contributed by atoms with van der Waals surface area (Å²) in [5.74, 6) is 0. The number of aryl methyl sites for hydroxylation is 1. The molecule has 0 aromatic carbocycles. The summed E-state index contributed by atoms with van der Waals surface area (Å²) in [6, 6.07) is 5.31. The van der Waals surface area contributed by atoms with Crippen LogP contribution in [-0.2, 0) is 15.5 Å². The Bertz CT molecular complexity index is 619. The Morgan fingerprint density at radius 3 is 2.81 bits per heavy atom. The second-order valence-electron chi connectivity index (χ2n) is 3.48. The average Bonchev–Trinajstić information content (AvgIpc) is 2.55. The fourth-order valence-electron chi connectivity index (χ4n) is 1.68. The van der Waals surface area contributed by atoms with E-state index in [1.165, 1.54) is 4.40 Å². The van der Waals surface area contributed by atoms with Crippen molar-refractivity contribution in [2.45, 2.75) is 24.8 Å². The van der Waals surface area contributed by atoms with Gasteiger partial charge in [-0.15, -0.1) is 0 Å². The SMILES string of the molecule is CCCc1nc2ccccn2c1S(=O)(=O)Cl. The summed E-state index contributed by atoms with van der Waals surface area (Å²) >= 11 is 0. The van der Waals surface area contributed by atoms with Crippen LogP contribution in [0.5, 0.6) is 0 Å². The molecule has 0 unspecified atom stereocenters. The van der Waals surface area contributed by atoms with Crippen LogP contribution in [0, 0.1) is 0 Å². The van der Waals surface area contributed by atoms with Crippen molar-refractivity contribution in [3.63, 3.8) is 0 Å². The van der Waals surface area contributed by atoms with E-state index in [1.54, 1.807) is 18.3 Å². The van der Waals surface area contributed by atoms with Crippen LogP contribution in [0.1, 0.15) is 19.0 Å². The number of fused-ring (bicyclic) bond motifs is 1. The molecular formula is C10H11ClN2O2S. The summed E-state index contributed by atoms with van der Waals surface area (Å²) in [7, 11) is 1.66. The molecule has 0 N–H and O–H groups in total. The Balaban J connectivity index is 2.80. The molecular weight excluding hydrogens is 248 g/mol. The third-order valence-electron chi connectivity index (χ3n) is 2.27. The predicted octanol–water partition coefficient (Wildman–Crippen LogP) is 2.21. The van der Waals surface area contributed by atoms with Gasteiger partial charge < -0.3 is 0 Å². The fourth-order valence-corrected chi connectivity index (χ4v) is 2.99. The lowest BCUT2D eigenvalue weighted by Crippen LogP contribution is -2.00. The van der Waals surface area contributed by atoms with Crippen molar-refractivity contribution in [3.05, 3.63) is 30.1 Å². The Morgan fingerprint density at radius 1 is 1.44 bits per heavy atom. The highest BCUT2D eigenvalue weighted by atomic mass is 35.7. The minimum absolute atomic E-state index is 0.0895. The Labute approximate surface area is 98.3 Å². The molecule has 2 aromatic rings. The van der Waals surface area contributed by atoms with Gasteiger partial charge in [-0.25, -0.2) is 13.4 Å². The molecule has 0 atom stereocenters. The molecule has 2 aromatic heterocycles. The predicted molar refractivity (Wildman–Crippen MR) is 62.2 cm³/mol. The number of hydrogen-bond acceptors (Lipinski definition) is 3. The van der Waals surface area contributed by atoms with Crippen molar-refractivity contribution in [2.75, 3.05) is 0 Å². The third-order valence-corrected chi connectivity index (χ3v) is 3.60. The summed E-state index contributed by atoms with van der Waals surface area (Å²) < 4.78 is 24.5. The number of aromatic nitrogens is 2. The van der Waals surface area contributed by atoms with Gasteiger partial charge in [0.1, 0.15) is 5.65 Å². The molecule has 86 valence electrons. The molecule has 0 bridgehead atoms. The molecule has 0 radical (unpaired) electrons. The Hall–Kier alpha value is -1.07. The van der Waals surface area contributed by atoms with Gasteiger partial charge in [0, 0.05) is 16.9 Å². The zero-order valence-corrected chi connectivity index (χ0v) is 10.3. The van der Waals surface area contributed by atoms with E-state index < -0.39 is 9.05 Å². The standard InChI is InChI=1S/C10H11ClN2O2S/c1-2-5-8-10(16(11,14)15)13-7-4-3-6-9(13)12-8/h3-4,6-7H,2,5H2,1H3. The van der Waals surface area contributed by atoms with Crippen LogP contribution in [0.2, 0.25) is 0 Å². The number of rotatable bonds is 3. The number of pyridine rings is 1. The number of imidazole rings is 1. The maximum absolute atomic E-state index is 11.5. The van der Waals surface area contributed by atoms with Crippen LogP contribution >= 0.6 is 10.7 Å². The maximum atomic E-state index is 11.5. The number of halogens is 1. The van der Waals surface area contributed by atoms with E-state index in [1.807, 2.05) is 13.0 Å². The molecule has 0 fully saturated rings. The Kier molecular flexibility index (Phi) is 2.90. The summed E-state index contributed by atoms with van der Waals surface area (Å²) in [6.07, 6.45) is 3.07. The second-order valence-corrected chi connectivity index (χ2v) is 5.96. The molecule has 4 nitrogen and oxygen atoms in total. The third kappa shape index (κ3) is 1.92. The van der Waals surface area contributed by atoms with Crippen LogP contribution in [0.25, 0.3) is 5.65 Å². The molecule has 6 heteroatoms. The van der Waals surface area contributed by atoms with Crippen LogP contribution in [0.4, 0.5) is 0 Å². The lowest BCUT2D eigenvalue weighted by Gasteiger charge is -1.99. The first-order chi connectivity index (χ1) is 7.54. The lowest BCUT2D eigenvalue weighted by atomic mass is 10.3. The van der Waals surface area contributed by atoms with E-state index in [-0.39, 0.29) is 5.03 Å². The minimum atomic E-state index is -3.77. The first-order valence-corrected chi connectivity index (χ1v) is 7.25. The molecule has 0 saturated carbocycles. The number of hydrogen-bond donors (Lipinski definition) is 0. The molecule has 2 rings (SSSR count). The first kappa shape index (κ1) is 11.4. The summed E-state index contributed by atoms with van der Waals surface area (Å²) in [5, 5.41) is 0.0895. The van der Waals surface area contributed by atoms with Gasteiger partial charge in [0.05, 0.1) is 5.69 Å². The average molecular weight is 259 g/mol. The monoisotopic (exact) mass is 258 g/mol. The van der Waals surface area contributed by atoms with E-state index in [9.17, 15) is 8.42 Å². The van der Waals surface area contributed by atoms with Gasteiger partial charge in [-0.1, -0.05) is 19.4 Å². The summed E-state index contributed by atoms with van der Waals surface area (Å²) in [5.41, 5.74) is 1.13. The molecule has 0 aliphatic rings. The fraction of sp³-hybridized carbons (Fsp3) is 0.300. The molecule has 16 heavy (non-hydrogen) atoms. The van der Waals surface area contributed by atoms with Crippen LogP contribution in [-0.4, -0.2) is 17.8 Å². The van der Waals surface area contributed by atoms with Gasteiger partial charge in [0.15, 0.2) is 5.03 Å². The van der Waals surface area contributed by atoms with Gasteiger partial charge >= 0.3 is 0 Å². The zero-order chi connectivity index (χ0) is 11.8. The van der Waals surface area contributed by atoms with Crippen molar-refractivity contribution >= 4 is 25.4 Å². The van der Waals surface area contributed by atoms with Gasteiger partial charge in [0.2, 0.25) is 0 Å². The minimum Gasteiger partial charge on any atom is -0.289 e. The molecule has 0 saturated heterocycles. The molecule has 0 aliphatic carbocycles. The van der Waals surface area contributed by atoms with Crippen molar-refractivity contribution in [1.29, 1.82) is 0 Å². The van der Waals surface area contributed by atoms with Gasteiger partial charge in [-0.2, -0.15) is 0 Å². The maximum Gasteiger partial charge on any atom is 0.279 e. The smallest absolute Gasteiger partial charge is 0.279 e. The second kappa shape index (κ2) is 4.07. The first-order valence-electron chi connectivity index (χ1n) is 4.94. The van der Waals surface area contributed by atoms with Gasteiger partial charge in [-0.3, -0.25) is 4.40 Å². The van der Waals surface area contributed by atoms with E-state index in [4.69, 9.17) is 10.7 Å². The Morgan fingerprint density at radius 2 is 2.19 bits per heavy atom. The highest BCUT2D eigenvalue weighted by Crippen LogP contribution is 2.22. The molecule has 0 spiro atoms. The van der Waals surface area contributed by atoms with Gasteiger partial charge in [-0.05, 0) is 18.6 Å². The molecule has 2 heterocycles. The van der Waals surface area contributed by atoms with Crippen molar-refractivity contribution in [3.8, 4) is 0 Å². The van der Waals surface area contributed by atoms with Crippen molar-refractivity contribution in [1.82, 2.24) is 9.38 Å². The van der Waals surface area contributed by atoms with E-state index >= 15 is 0 Å². The van der Waals surface area contributed by atoms with Crippen molar-refractivity contribution < 1.29 is 8.42 Å². The molecule has 0 aliphatic heterocycles. The quantitative estimate of drug-likeness (QED) is 0.793. The van der Waals surface area contributed by atoms with Crippen LogP contribution in [0.3, 0.4) is 0 Å². The van der Waals surface area contributed by atoms with Gasteiger partial charge in [0.25, 0.3) is 9.05 Å². The van der Waals surface area contributed by atoms with E-state index in [0.717, 1.165) is 6.42 Å². The lowest BCUT2D eigenvalue weighted by molar-refractivity contribution is 0.603. The topological polar surface area (TPSA) is 51.4 Å². The van der Waals surface area contributed by atoms with E-state index in [0.29, 0.717) is 17.8 Å². The summed E-state index contributed by atoms with van der Waals surface area (Å²) in [4.78, 5) is 4.27. The van der Waals surface area contributed by atoms with Crippen LogP contribution < -0.4 is 0 Å². The molecule has 0 amide bonds. The zero-order valence-electron chi connectivity index (χ0n) is 8.72. The van der Waals surface area contributed by atoms with Crippen molar-refractivity contribution in [2.24, 2.45) is 0 Å². The van der Waals surface area contributed by atoms with E-state index in [2.05, 4.69) is 4.98 Å². The normalized spacial score (nSPS) is 12.1. The van der Waals surface area contributed by atoms with Crippen LogP contribution in [0.15, 0.2) is 29.4 Å². The number of nitrogens with zero attached hydrogens (tertiary/aromatic N) is 2. The largest absolute Gasteiger partial charge is 0.289 e. The summed E-state index contributed by atoms with van der Waals surface area (Å²) in [6.45, 7) is 1.97. The highest BCUT2D eigenvalue weighted by molar-refractivity contribution is 8.13. The highest BCUT2D eigenvalue weighted by Gasteiger charge is 2.22.